The highest BCUT2D eigenvalue weighted by Gasteiger charge is 2.13. The van der Waals surface area contributed by atoms with Crippen molar-refractivity contribution in [3.05, 3.63) is 29.8 Å². The van der Waals surface area contributed by atoms with Gasteiger partial charge in [-0.15, -0.1) is 0 Å². The molecule has 19 heavy (non-hydrogen) atoms. The molecule has 0 aliphatic carbocycles. The minimum Gasteiger partial charge on any atom is -0.497 e. The first-order valence-electron chi connectivity index (χ1n) is 6.75. The van der Waals surface area contributed by atoms with Gasteiger partial charge in [0.05, 0.1) is 13.2 Å². The summed E-state index contributed by atoms with van der Waals surface area (Å²) >= 11 is 0. The highest BCUT2D eigenvalue weighted by Crippen LogP contribution is 2.18. The zero-order chi connectivity index (χ0) is 14.3. The number of ether oxygens (including phenoxy) is 1. The molecule has 0 spiro atoms. The van der Waals surface area contributed by atoms with Crippen molar-refractivity contribution in [3.63, 3.8) is 0 Å². The van der Waals surface area contributed by atoms with Crippen LogP contribution in [0.3, 0.4) is 0 Å². The number of amides is 1. The Bertz CT molecular complexity index is 407. The van der Waals surface area contributed by atoms with Crippen molar-refractivity contribution in [2.45, 2.75) is 45.2 Å². The molecule has 106 valence electrons. The lowest BCUT2D eigenvalue weighted by Gasteiger charge is -2.17. The summed E-state index contributed by atoms with van der Waals surface area (Å²) < 4.78 is 5.17. The lowest BCUT2D eigenvalue weighted by Crippen LogP contribution is -2.33. The molecule has 3 N–H and O–H groups in total. The van der Waals surface area contributed by atoms with Crippen LogP contribution < -0.4 is 15.8 Å². The van der Waals surface area contributed by atoms with Crippen molar-refractivity contribution in [1.82, 2.24) is 5.32 Å². The zero-order valence-corrected chi connectivity index (χ0v) is 12.0. The Morgan fingerprint density at radius 3 is 2.84 bits per heavy atom. The Kier molecular flexibility index (Phi) is 6.36. The van der Waals surface area contributed by atoms with E-state index in [1.807, 2.05) is 31.2 Å². The first kappa shape index (κ1) is 15.5. The molecule has 1 rings (SSSR count). The molecule has 1 aromatic carbocycles. The summed E-state index contributed by atoms with van der Waals surface area (Å²) in [7, 11) is 1.63. The van der Waals surface area contributed by atoms with Crippen LogP contribution in [-0.4, -0.2) is 19.1 Å². The van der Waals surface area contributed by atoms with Crippen LogP contribution in [0.5, 0.6) is 5.75 Å². The highest BCUT2D eigenvalue weighted by molar-refractivity contribution is 5.77. The first-order chi connectivity index (χ1) is 9.06. The molecule has 4 nitrogen and oxygen atoms in total. The smallest absolute Gasteiger partial charge is 0.222 e. The molecule has 0 aliphatic heterocycles. The summed E-state index contributed by atoms with van der Waals surface area (Å²) in [4.78, 5) is 11.8. The number of carbonyl (C=O) groups is 1. The van der Waals surface area contributed by atoms with Crippen LogP contribution in [0.4, 0.5) is 0 Å². The highest BCUT2D eigenvalue weighted by atomic mass is 16.5. The van der Waals surface area contributed by atoms with E-state index in [0.29, 0.717) is 6.42 Å². The van der Waals surface area contributed by atoms with E-state index in [4.69, 9.17) is 10.5 Å². The van der Waals surface area contributed by atoms with Gasteiger partial charge >= 0.3 is 0 Å². The molecule has 0 bridgehead atoms. The molecular formula is C15H24N2O2. The van der Waals surface area contributed by atoms with Crippen LogP contribution in [-0.2, 0) is 4.79 Å². The van der Waals surface area contributed by atoms with E-state index in [-0.39, 0.29) is 18.0 Å². The second-order valence-corrected chi connectivity index (χ2v) is 4.82. The summed E-state index contributed by atoms with van der Waals surface area (Å²) in [6.45, 7) is 4.02. The van der Waals surface area contributed by atoms with E-state index in [2.05, 4.69) is 12.2 Å². The summed E-state index contributed by atoms with van der Waals surface area (Å²) in [5, 5.41) is 2.96. The molecule has 0 fully saturated rings. The number of hydrogen-bond donors (Lipinski definition) is 2. The number of hydrogen-bond acceptors (Lipinski definition) is 3. The molecule has 0 aromatic heterocycles. The minimum absolute atomic E-state index is 0.00345. The van der Waals surface area contributed by atoms with Crippen molar-refractivity contribution < 1.29 is 9.53 Å². The molecule has 1 amide bonds. The van der Waals surface area contributed by atoms with Gasteiger partial charge < -0.3 is 15.8 Å². The molecule has 1 aromatic rings. The van der Waals surface area contributed by atoms with E-state index in [1.54, 1.807) is 7.11 Å². The molecule has 2 atom stereocenters. The van der Waals surface area contributed by atoms with Crippen LogP contribution in [0, 0.1) is 0 Å². The Labute approximate surface area is 115 Å². The maximum absolute atomic E-state index is 11.8. The second-order valence-electron chi connectivity index (χ2n) is 4.82. The van der Waals surface area contributed by atoms with Crippen molar-refractivity contribution in [2.24, 2.45) is 5.73 Å². The van der Waals surface area contributed by atoms with Crippen LogP contribution >= 0.6 is 0 Å². The number of carbonyl (C=O) groups excluding carboxylic acids is 1. The monoisotopic (exact) mass is 264 g/mol. The predicted molar refractivity (Wildman–Crippen MR) is 77.1 cm³/mol. The normalized spacial score (nSPS) is 13.7. The Morgan fingerprint density at radius 1 is 1.47 bits per heavy atom. The van der Waals surface area contributed by atoms with Crippen LogP contribution in [0.2, 0.25) is 0 Å². The van der Waals surface area contributed by atoms with E-state index >= 15 is 0 Å². The topological polar surface area (TPSA) is 64.4 Å². The van der Waals surface area contributed by atoms with E-state index in [0.717, 1.165) is 24.2 Å². The van der Waals surface area contributed by atoms with Gasteiger partial charge in [0, 0.05) is 12.5 Å². The summed E-state index contributed by atoms with van der Waals surface area (Å²) in [6, 6.07) is 7.60. The van der Waals surface area contributed by atoms with E-state index in [1.165, 1.54) is 0 Å². The first-order valence-corrected chi connectivity index (χ1v) is 6.75. The van der Waals surface area contributed by atoms with Gasteiger partial charge in [0.1, 0.15) is 5.75 Å². The molecule has 1 unspecified atom stereocenters. The zero-order valence-electron chi connectivity index (χ0n) is 12.0. The molecule has 0 radical (unpaired) electrons. The third-order valence-corrected chi connectivity index (χ3v) is 3.08. The maximum Gasteiger partial charge on any atom is 0.222 e. The van der Waals surface area contributed by atoms with E-state index in [9.17, 15) is 4.79 Å². The van der Waals surface area contributed by atoms with Crippen molar-refractivity contribution in [2.75, 3.05) is 7.11 Å². The quantitative estimate of drug-likeness (QED) is 0.794. The molecule has 4 heteroatoms. The summed E-state index contributed by atoms with van der Waals surface area (Å²) in [6.07, 6.45) is 2.25. The predicted octanol–water partition coefficient (Wildman–Crippen LogP) is 2.39. The van der Waals surface area contributed by atoms with Gasteiger partial charge in [-0.25, -0.2) is 0 Å². The number of methoxy groups -OCH3 is 1. The third-order valence-electron chi connectivity index (χ3n) is 3.08. The van der Waals surface area contributed by atoms with Crippen molar-refractivity contribution >= 4 is 5.91 Å². The van der Waals surface area contributed by atoms with Gasteiger partial charge in [0.15, 0.2) is 0 Å². The molecule has 0 heterocycles. The van der Waals surface area contributed by atoms with Crippen LogP contribution in [0.25, 0.3) is 0 Å². The Balaban J connectivity index is 2.53. The summed E-state index contributed by atoms with van der Waals surface area (Å²) in [5.41, 5.74) is 6.89. The maximum atomic E-state index is 11.8. The molecule has 0 aliphatic rings. The molecular weight excluding hydrogens is 240 g/mol. The fourth-order valence-electron chi connectivity index (χ4n) is 2.01. The van der Waals surface area contributed by atoms with Gasteiger partial charge in [-0.05, 0) is 31.0 Å². The fraction of sp³-hybridized carbons (Fsp3) is 0.533. The van der Waals surface area contributed by atoms with Crippen molar-refractivity contribution in [3.8, 4) is 5.75 Å². The average Bonchev–Trinajstić information content (AvgIpc) is 2.38. The summed E-state index contributed by atoms with van der Waals surface area (Å²) in [5.74, 6) is 0.789. The van der Waals surface area contributed by atoms with Gasteiger partial charge in [-0.2, -0.15) is 0 Å². The fourth-order valence-corrected chi connectivity index (χ4v) is 2.01. The number of rotatable bonds is 7. The average molecular weight is 264 g/mol. The van der Waals surface area contributed by atoms with Crippen LogP contribution in [0.1, 0.15) is 44.7 Å². The van der Waals surface area contributed by atoms with Gasteiger partial charge in [0.25, 0.3) is 0 Å². The van der Waals surface area contributed by atoms with Crippen molar-refractivity contribution in [1.29, 1.82) is 0 Å². The third kappa shape index (κ3) is 5.30. The number of benzene rings is 1. The van der Waals surface area contributed by atoms with Gasteiger partial charge in [0.2, 0.25) is 5.91 Å². The molecule has 0 saturated carbocycles. The Morgan fingerprint density at radius 2 is 2.21 bits per heavy atom. The Hall–Kier alpha value is -1.55. The number of nitrogens with two attached hydrogens (primary N) is 1. The van der Waals surface area contributed by atoms with E-state index < -0.39 is 0 Å². The number of nitrogens with one attached hydrogen (secondary N) is 1. The standard InChI is InChI=1S/C15H24N2O2/c1-4-6-13(16)10-15(18)17-11(2)12-7-5-8-14(9-12)19-3/h5,7-9,11,13H,4,6,10,16H2,1-3H3,(H,17,18)/t11-,13?/m0/s1. The lowest BCUT2D eigenvalue weighted by atomic mass is 10.1. The minimum atomic E-state index is -0.0532. The van der Waals surface area contributed by atoms with Gasteiger partial charge in [-0.1, -0.05) is 25.5 Å². The second kappa shape index (κ2) is 7.79. The van der Waals surface area contributed by atoms with Crippen LogP contribution in [0.15, 0.2) is 24.3 Å². The molecule has 0 saturated heterocycles. The SMILES string of the molecule is CCCC(N)CC(=O)N[C@@H](C)c1cccc(OC)c1. The largest absolute Gasteiger partial charge is 0.497 e. The lowest BCUT2D eigenvalue weighted by molar-refractivity contribution is -0.122. The van der Waals surface area contributed by atoms with Gasteiger partial charge in [-0.3, -0.25) is 4.79 Å².